The number of aliphatic hydroxyl groups is 9. The lowest BCUT2D eigenvalue weighted by Crippen LogP contribution is -2.11. The Morgan fingerprint density at radius 3 is 0.630 bits per heavy atom. The van der Waals surface area contributed by atoms with Gasteiger partial charge in [-0.05, 0) is 63.6 Å². The van der Waals surface area contributed by atoms with Gasteiger partial charge in [-0.3, -0.25) is 0 Å². The first-order chi connectivity index (χ1) is 35.1. The normalized spacial score (nSPS) is 32.2. The predicted molar refractivity (Wildman–Crippen MR) is 292 cm³/mol. The third-order valence-electron chi connectivity index (χ3n) is 10.5. The molecule has 19 heteroatoms. The average molecular weight is 1060 g/mol. The molecule has 8 heterocycles. The van der Waals surface area contributed by atoms with E-state index in [1.54, 1.807) is 36.5 Å². The molecule has 0 aromatic carbocycles. The number of hydrogen-bond acceptors (Lipinski definition) is 17. The van der Waals surface area contributed by atoms with Crippen molar-refractivity contribution in [3.8, 4) is 0 Å². The van der Waals surface area contributed by atoms with Crippen LogP contribution in [0.2, 0.25) is 0 Å². The van der Waals surface area contributed by atoms with Crippen LogP contribution in [0, 0.1) is 0 Å². The molecule has 0 aromatic heterocycles. The minimum absolute atomic E-state index is 0.0208. The summed E-state index contributed by atoms with van der Waals surface area (Å²) in [5.74, 6) is 0. The van der Waals surface area contributed by atoms with E-state index in [1.165, 1.54) is 37.9 Å². The maximum atomic E-state index is 8.98. The highest BCUT2D eigenvalue weighted by Crippen LogP contribution is 2.27. The van der Waals surface area contributed by atoms with Crippen molar-refractivity contribution in [2.24, 2.45) is 0 Å². The molecule has 17 nitrogen and oxygen atoms in total. The van der Waals surface area contributed by atoms with Crippen molar-refractivity contribution in [2.45, 2.75) is 190 Å². The summed E-state index contributed by atoms with van der Waals surface area (Å²) in [5, 5.41) is 80.3. The fourth-order valence-electron chi connectivity index (χ4n) is 5.35. The lowest BCUT2D eigenvalue weighted by atomic mass is 10.2. The zero-order valence-electron chi connectivity index (χ0n) is 45.6. The SMILES string of the molecule is C/C=C/[C@H](O)[C@@H]1CO1.C/C=C/[C@H](O)[C@@H]1CO1.C/C=C/[C@H](O)[C@H]1CO1.C/C=C/[C@H](O)[C@H]1CO1.C=CC(O)/C=C/C.C=C[C@@H](O)[C@@H]1O[C@H]1C.C=C[C@@H](O)[C@H]1O[C@@H]1C.C=C[C@H](O)[C@@H]1O[C@H]1C.C=C[C@H](O)[C@H]1O[C@@H]1C.[3H][B]P. The van der Waals surface area contributed by atoms with Gasteiger partial charge in [0.05, 0.1) is 56.9 Å². The van der Waals surface area contributed by atoms with Crippen LogP contribution in [-0.2, 0) is 37.9 Å². The predicted octanol–water partition coefficient (Wildman–Crippen LogP) is 3.36. The minimum atomic E-state index is -0.468. The molecule has 8 aliphatic rings. The van der Waals surface area contributed by atoms with Gasteiger partial charge >= 0.3 is 0 Å². The van der Waals surface area contributed by atoms with Crippen LogP contribution in [0.25, 0.3) is 0 Å². The van der Waals surface area contributed by atoms with Crippen molar-refractivity contribution < 1.29 is 83.9 Å². The first-order valence-corrected chi connectivity index (χ1v) is 25.2. The Morgan fingerprint density at radius 2 is 0.562 bits per heavy atom. The smallest absolute Gasteiger partial charge is 0.116 e. The van der Waals surface area contributed by atoms with Crippen LogP contribution < -0.4 is 0 Å². The molecule has 22 atom stereocenters. The molecule has 0 saturated carbocycles. The van der Waals surface area contributed by atoms with E-state index in [0.29, 0.717) is 26.4 Å². The molecule has 0 aliphatic carbocycles. The van der Waals surface area contributed by atoms with Crippen molar-refractivity contribution >= 4 is 16.6 Å². The van der Waals surface area contributed by atoms with Crippen LogP contribution in [0.5, 0.6) is 0 Å². The Kier molecular flexibility index (Phi) is 40.7. The fourth-order valence-corrected chi connectivity index (χ4v) is 5.35. The summed E-state index contributed by atoms with van der Waals surface area (Å²) >= 11 is 0. The monoisotopic (exact) mass is 1060 g/mol. The standard InChI is InChI=1S/8C6H10O2.C6H10O.BH3P/c4*1-3-5(7)6-4(2)8-6;4*1-2-3-5(7)6-4-8-6;1-3-5-6(7)4-2;1-2/h4*3-7H,1H2,2H3;4*2-3,5-7H,4H2,1H3;3-7H,2H2,1H3;1H,2H2/b;;;;4*3-2+;5-3+;/t2*4-,5+,6+;2*4-,5-,6+;2*5-,6+;2*5-,6-;;/m10100000../s1/i;;;;;;;;;1T. The van der Waals surface area contributed by atoms with Crippen molar-refractivity contribution in [1.82, 2.24) is 0 Å². The molecule has 8 saturated heterocycles. The van der Waals surface area contributed by atoms with Gasteiger partial charge in [-0.25, -0.2) is 0 Å². The maximum absolute atomic E-state index is 8.98. The van der Waals surface area contributed by atoms with Crippen molar-refractivity contribution in [3.63, 3.8) is 0 Å². The van der Waals surface area contributed by atoms with Gasteiger partial charge < -0.3 is 83.9 Å². The van der Waals surface area contributed by atoms with E-state index < -0.39 is 30.5 Å². The lowest BCUT2D eigenvalue weighted by Gasteiger charge is -1.95. The van der Waals surface area contributed by atoms with E-state index in [-0.39, 0.29) is 97.7 Å². The molecule has 8 rings (SSSR count). The number of aliphatic hydroxyl groups excluding tert-OH is 9. The van der Waals surface area contributed by atoms with Crippen LogP contribution in [0.1, 0.15) is 62.3 Å². The Hall–Kier alpha value is -2.79. The van der Waals surface area contributed by atoms with E-state index in [9.17, 15) is 0 Å². The highest BCUT2D eigenvalue weighted by atomic mass is 31.0. The average Bonchev–Trinajstić information content (AvgIpc) is 4.18. The molecule has 0 aromatic rings. The van der Waals surface area contributed by atoms with Crippen LogP contribution in [-0.4, -0.2) is 209 Å². The molecule has 0 amide bonds. The topological polar surface area (TPSA) is 282 Å². The van der Waals surface area contributed by atoms with Gasteiger partial charge in [0.25, 0.3) is 0 Å². The van der Waals surface area contributed by atoms with Gasteiger partial charge in [-0.15, -0.1) is 32.9 Å². The van der Waals surface area contributed by atoms with E-state index >= 15 is 0 Å². The van der Waals surface area contributed by atoms with Gasteiger partial charge in [0.15, 0.2) is 0 Å². The molecule has 2 unspecified atom stereocenters. The van der Waals surface area contributed by atoms with E-state index in [0.717, 1.165) is 0 Å². The largest absolute Gasteiger partial charge is 0.386 e. The number of rotatable bonds is 18. The van der Waals surface area contributed by atoms with Gasteiger partial charge in [0.1, 0.15) is 105 Å². The molecule has 419 valence electrons. The van der Waals surface area contributed by atoms with E-state index in [1.807, 2.05) is 86.6 Å². The quantitative estimate of drug-likeness (QED) is 0.0412. The van der Waals surface area contributed by atoms with Crippen molar-refractivity contribution in [2.75, 3.05) is 26.4 Å². The van der Waals surface area contributed by atoms with E-state index in [2.05, 4.69) is 42.0 Å². The number of epoxide rings is 8. The highest BCUT2D eigenvalue weighted by Gasteiger charge is 2.41. The summed E-state index contributed by atoms with van der Waals surface area (Å²) in [6.45, 7) is 37.0. The zero-order valence-corrected chi connectivity index (χ0v) is 45.7. The highest BCUT2D eigenvalue weighted by molar-refractivity contribution is 7.49. The van der Waals surface area contributed by atoms with E-state index in [4.69, 9.17) is 85.2 Å². The third kappa shape index (κ3) is 38.4. The van der Waals surface area contributed by atoms with Crippen molar-refractivity contribution in [3.05, 3.63) is 124 Å². The van der Waals surface area contributed by atoms with Crippen LogP contribution >= 0.6 is 9.12 Å². The van der Waals surface area contributed by atoms with Gasteiger partial charge in [0.2, 0.25) is 0 Å². The Balaban J connectivity index is 0. The van der Waals surface area contributed by atoms with Gasteiger partial charge in [-0.1, -0.05) is 91.1 Å². The molecule has 0 bridgehead atoms. The number of ether oxygens (including phenoxy) is 8. The molecule has 1 radical (unpaired) electrons. The number of allylic oxidation sites excluding steroid dienone is 5. The second-order valence-corrected chi connectivity index (χ2v) is 16.9. The second kappa shape index (κ2) is 42.3. The van der Waals surface area contributed by atoms with Crippen LogP contribution in [0.3, 0.4) is 0 Å². The second-order valence-electron chi connectivity index (χ2n) is 16.9. The molecule has 9 N–H and O–H groups in total. The summed E-state index contributed by atoms with van der Waals surface area (Å²) in [7, 11) is 3.29. The van der Waals surface area contributed by atoms with Gasteiger partial charge in [0, 0.05) is 0 Å². The molecular formula is C54H93BO17P. The third-order valence-corrected chi connectivity index (χ3v) is 10.5. The summed E-state index contributed by atoms with van der Waals surface area (Å²) in [5.41, 5.74) is 0. The Labute approximate surface area is 441 Å². The molecule has 0 spiro atoms. The maximum Gasteiger partial charge on any atom is 0.116 e. The molecule has 8 fully saturated rings. The molecule has 8 aliphatic heterocycles. The van der Waals surface area contributed by atoms with Crippen LogP contribution in [0.15, 0.2) is 124 Å². The summed E-state index contributed by atoms with van der Waals surface area (Å²) in [4.78, 5) is 0. The number of hydrogen-bond donors (Lipinski definition) is 9. The Bertz CT molecular complexity index is 1420. The zero-order chi connectivity index (χ0) is 56.9. The fraction of sp³-hybridized carbons (Fsp3) is 0.630. The molecule has 73 heavy (non-hydrogen) atoms. The van der Waals surface area contributed by atoms with Crippen molar-refractivity contribution in [1.29, 1.82) is 1.34 Å². The van der Waals surface area contributed by atoms with Gasteiger partial charge in [-0.2, -0.15) is 9.12 Å². The Morgan fingerprint density at radius 1 is 0.397 bits per heavy atom. The van der Waals surface area contributed by atoms with Crippen LogP contribution in [0.4, 0.5) is 0 Å². The summed E-state index contributed by atoms with van der Waals surface area (Å²) in [6, 6.07) is 0. The minimum Gasteiger partial charge on any atom is -0.386 e. The lowest BCUT2D eigenvalue weighted by molar-refractivity contribution is 0.177. The first-order valence-electron chi connectivity index (χ1n) is 25.1. The first kappa shape index (κ1) is 70.2. The summed E-state index contributed by atoms with van der Waals surface area (Å²) in [6.07, 6.45) is 22.6. The molecular weight excluding hydrogens is 962 g/mol. The summed E-state index contributed by atoms with van der Waals surface area (Å²) < 4.78 is 45.1.